The topological polar surface area (TPSA) is 200 Å². The SMILES string of the molecule is CO/N=C(\C(=O)Nc1nc(/C(=N/OC)C(=O)N[C@@H]2C(=O)N3C4=C(COC4=O)CS[C@H]23)cs1)c1csc(N)n1. The van der Waals surface area contributed by atoms with Gasteiger partial charge in [0.05, 0.1) is 0 Å². The summed E-state index contributed by atoms with van der Waals surface area (Å²) >= 11 is 3.57. The number of anilines is 2. The van der Waals surface area contributed by atoms with Gasteiger partial charge in [0.2, 0.25) is 0 Å². The number of carbonyl (C=O) groups excluding carboxylic acids is 4. The second-order valence-electron chi connectivity index (χ2n) is 7.70. The van der Waals surface area contributed by atoms with Crippen LogP contribution >= 0.6 is 34.4 Å². The predicted octanol–water partition coefficient (Wildman–Crippen LogP) is -0.268. The third-order valence-corrected chi connectivity index (χ3v) is 8.20. The first-order valence-electron chi connectivity index (χ1n) is 10.7. The van der Waals surface area contributed by atoms with Crippen LogP contribution in [0.15, 0.2) is 32.3 Å². The number of nitrogens with one attached hydrogen (secondary N) is 2. The van der Waals surface area contributed by atoms with E-state index in [1.165, 1.54) is 36.3 Å². The number of cyclic esters (lactones) is 1. The van der Waals surface area contributed by atoms with E-state index < -0.39 is 35.1 Å². The molecule has 15 nitrogen and oxygen atoms in total. The van der Waals surface area contributed by atoms with Crippen molar-refractivity contribution in [2.75, 3.05) is 37.6 Å². The molecule has 3 aliphatic rings. The maximum Gasteiger partial charge on any atom is 0.355 e. The first-order chi connectivity index (χ1) is 18.3. The highest BCUT2D eigenvalue weighted by atomic mass is 32.2. The van der Waals surface area contributed by atoms with Crippen LogP contribution < -0.4 is 16.4 Å². The highest BCUT2D eigenvalue weighted by Crippen LogP contribution is 2.42. The maximum absolute atomic E-state index is 13.1. The van der Waals surface area contributed by atoms with E-state index >= 15 is 0 Å². The fourth-order valence-electron chi connectivity index (χ4n) is 3.80. The average molecular weight is 579 g/mol. The average Bonchev–Trinajstić information content (AvgIpc) is 3.63. The van der Waals surface area contributed by atoms with Crippen molar-refractivity contribution in [3.05, 3.63) is 33.4 Å². The van der Waals surface area contributed by atoms with Crippen molar-refractivity contribution in [2.45, 2.75) is 11.4 Å². The Kier molecular flexibility index (Phi) is 7.00. The normalized spacial score (nSPS) is 20.8. The van der Waals surface area contributed by atoms with Crippen molar-refractivity contribution in [1.29, 1.82) is 0 Å². The van der Waals surface area contributed by atoms with Gasteiger partial charge in [-0.2, -0.15) is 0 Å². The molecule has 2 aromatic heterocycles. The molecule has 38 heavy (non-hydrogen) atoms. The maximum atomic E-state index is 13.1. The van der Waals surface area contributed by atoms with Gasteiger partial charge < -0.3 is 25.5 Å². The number of esters is 1. The quantitative estimate of drug-likeness (QED) is 0.161. The molecule has 4 N–H and O–H groups in total. The Morgan fingerprint density at radius 3 is 2.47 bits per heavy atom. The molecule has 3 amide bonds. The van der Waals surface area contributed by atoms with Crippen LogP contribution in [0.4, 0.5) is 10.3 Å². The number of amides is 3. The molecule has 198 valence electrons. The van der Waals surface area contributed by atoms with E-state index in [0.717, 1.165) is 28.2 Å². The van der Waals surface area contributed by atoms with Crippen molar-refractivity contribution < 1.29 is 33.6 Å². The van der Waals surface area contributed by atoms with Crippen LogP contribution in [0.2, 0.25) is 0 Å². The number of ether oxygens (including phenoxy) is 1. The lowest BCUT2D eigenvalue weighted by molar-refractivity contribution is -0.150. The molecule has 0 radical (unpaired) electrons. The molecule has 1 saturated heterocycles. The summed E-state index contributed by atoms with van der Waals surface area (Å²) in [6.07, 6.45) is 0. The van der Waals surface area contributed by atoms with E-state index in [4.69, 9.17) is 20.1 Å². The van der Waals surface area contributed by atoms with Crippen LogP contribution in [-0.4, -0.2) is 88.0 Å². The molecule has 5 rings (SSSR count). The number of rotatable bonds is 8. The number of carbonyl (C=O) groups is 4. The van der Waals surface area contributed by atoms with E-state index in [0.29, 0.717) is 5.75 Å². The fraction of sp³-hybridized carbons (Fsp3) is 0.300. The summed E-state index contributed by atoms with van der Waals surface area (Å²) < 4.78 is 5.03. The minimum absolute atomic E-state index is 0.0945. The number of aromatic nitrogens is 2. The third kappa shape index (κ3) is 4.56. The summed E-state index contributed by atoms with van der Waals surface area (Å²) in [5, 5.41) is 15.6. The van der Waals surface area contributed by atoms with Gasteiger partial charge in [0.25, 0.3) is 17.7 Å². The molecule has 0 aliphatic carbocycles. The number of nitrogens with two attached hydrogens (primary N) is 1. The Morgan fingerprint density at radius 2 is 1.79 bits per heavy atom. The fourth-order valence-corrected chi connectivity index (χ4v) is 6.36. The molecule has 2 atom stereocenters. The zero-order chi connectivity index (χ0) is 27.0. The van der Waals surface area contributed by atoms with Gasteiger partial charge in [0, 0.05) is 22.1 Å². The molecule has 18 heteroatoms. The summed E-state index contributed by atoms with van der Waals surface area (Å²) in [5.74, 6) is -1.85. The minimum Gasteiger partial charge on any atom is -0.456 e. The summed E-state index contributed by atoms with van der Waals surface area (Å²) in [6.45, 7) is 0.165. The molecular formula is C20H18N8O7S3. The summed E-state index contributed by atoms with van der Waals surface area (Å²) in [5.41, 5.74) is 6.63. The van der Waals surface area contributed by atoms with E-state index in [1.54, 1.807) is 5.38 Å². The molecule has 0 aromatic carbocycles. The van der Waals surface area contributed by atoms with Crippen LogP contribution in [0.1, 0.15) is 11.4 Å². The lowest BCUT2D eigenvalue weighted by Crippen LogP contribution is -2.70. The smallest absolute Gasteiger partial charge is 0.355 e. The van der Waals surface area contributed by atoms with Crippen molar-refractivity contribution in [3.63, 3.8) is 0 Å². The standard InChI is InChI=1S/C20H18N8O7S3/c1-33-26-10(8-5-37-19(21)22-8)15(30)25-20-23-9(6-38-20)11(27-34-2)14(29)24-12-16(31)28-13-7(3-35-18(13)32)4-36-17(12)28/h5-6,12,17H,3-4H2,1-2H3,(H2,21,22)(H,24,29)(H,23,25,30)/b26-10-,27-11-/t12-,17-/m1/s1. The van der Waals surface area contributed by atoms with Crippen LogP contribution in [-0.2, 0) is 33.6 Å². The van der Waals surface area contributed by atoms with Crippen LogP contribution in [0.3, 0.4) is 0 Å². The van der Waals surface area contributed by atoms with E-state index in [2.05, 4.69) is 30.9 Å². The number of hydrogen-bond acceptors (Lipinski definition) is 15. The number of nitrogens with zero attached hydrogens (tertiary/aromatic N) is 5. The summed E-state index contributed by atoms with van der Waals surface area (Å²) in [4.78, 5) is 69.8. The Labute approximate surface area is 226 Å². The van der Waals surface area contributed by atoms with Gasteiger partial charge in [-0.15, -0.1) is 34.4 Å². The first-order valence-corrected chi connectivity index (χ1v) is 13.5. The Bertz CT molecular complexity index is 1430. The molecule has 0 spiro atoms. The predicted molar refractivity (Wildman–Crippen MR) is 137 cm³/mol. The number of fused-ring (bicyclic) bond motifs is 2. The summed E-state index contributed by atoms with van der Waals surface area (Å²) in [6, 6.07) is -0.881. The third-order valence-electron chi connectivity index (χ3n) is 5.43. The largest absolute Gasteiger partial charge is 0.456 e. The molecule has 3 aliphatic heterocycles. The van der Waals surface area contributed by atoms with E-state index in [1.807, 2.05) is 0 Å². The van der Waals surface area contributed by atoms with Gasteiger partial charge in [0.1, 0.15) is 49.3 Å². The van der Waals surface area contributed by atoms with Crippen molar-refractivity contribution >= 4 is 79.8 Å². The summed E-state index contributed by atoms with van der Waals surface area (Å²) in [7, 11) is 2.53. The van der Waals surface area contributed by atoms with E-state index in [-0.39, 0.29) is 45.4 Å². The molecule has 5 heterocycles. The van der Waals surface area contributed by atoms with Crippen molar-refractivity contribution in [1.82, 2.24) is 20.2 Å². The lowest BCUT2D eigenvalue weighted by Gasteiger charge is -2.48. The van der Waals surface area contributed by atoms with Gasteiger partial charge in [-0.05, 0) is 0 Å². The Morgan fingerprint density at radius 1 is 1.11 bits per heavy atom. The first kappa shape index (κ1) is 25.6. The number of β-lactam (4-membered cyclic amide) rings is 1. The Hall–Kier alpha value is -4.03. The molecule has 1 fully saturated rings. The van der Waals surface area contributed by atoms with E-state index in [9.17, 15) is 19.2 Å². The molecule has 0 bridgehead atoms. The van der Waals surface area contributed by atoms with Crippen LogP contribution in [0, 0.1) is 0 Å². The second-order valence-corrected chi connectivity index (χ2v) is 10.5. The van der Waals surface area contributed by atoms with Gasteiger partial charge in [0.15, 0.2) is 21.7 Å². The van der Waals surface area contributed by atoms with Crippen LogP contribution in [0.5, 0.6) is 0 Å². The number of hydrogen-bond donors (Lipinski definition) is 3. The van der Waals surface area contributed by atoms with Gasteiger partial charge in [-0.25, -0.2) is 14.8 Å². The van der Waals surface area contributed by atoms with Gasteiger partial charge >= 0.3 is 5.97 Å². The number of thioether (sulfide) groups is 1. The van der Waals surface area contributed by atoms with Crippen LogP contribution in [0.25, 0.3) is 0 Å². The van der Waals surface area contributed by atoms with Gasteiger partial charge in [-0.1, -0.05) is 10.3 Å². The number of thiazole rings is 2. The zero-order valence-corrected chi connectivity index (χ0v) is 22.1. The van der Waals surface area contributed by atoms with Crippen molar-refractivity contribution in [3.8, 4) is 0 Å². The highest BCUT2D eigenvalue weighted by molar-refractivity contribution is 8.00. The van der Waals surface area contributed by atoms with Gasteiger partial charge in [-0.3, -0.25) is 24.6 Å². The molecule has 2 aromatic rings. The lowest BCUT2D eigenvalue weighted by atomic mass is 10.0. The zero-order valence-electron chi connectivity index (χ0n) is 19.6. The minimum atomic E-state index is -0.881. The molecule has 0 saturated carbocycles. The monoisotopic (exact) mass is 578 g/mol. The molecular weight excluding hydrogens is 560 g/mol. The highest BCUT2D eigenvalue weighted by Gasteiger charge is 2.56. The number of nitrogen functional groups attached to an aromatic ring is 1. The Balaban J connectivity index is 1.28. The number of oxime groups is 2. The second kappa shape index (κ2) is 10.4. The van der Waals surface area contributed by atoms with Crippen molar-refractivity contribution in [2.24, 2.45) is 10.3 Å². The molecule has 0 unspecified atom stereocenters.